The van der Waals surface area contributed by atoms with Crippen molar-refractivity contribution in [3.63, 3.8) is 0 Å². The molecule has 4 rings (SSSR count). The van der Waals surface area contributed by atoms with E-state index in [1.807, 2.05) is 0 Å². The maximum atomic E-state index is 12.9. The average Bonchev–Trinajstić information content (AvgIpc) is 2.65. The lowest BCUT2D eigenvalue weighted by Crippen LogP contribution is -2.56. The Morgan fingerprint density at radius 1 is 1.18 bits per heavy atom. The largest absolute Gasteiger partial charge is 0.344 e. The number of halogens is 2. The van der Waals surface area contributed by atoms with Crippen LogP contribution in [0.2, 0.25) is 0 Å². The molecule has 2 aliphatic rings. The lowest BCUT2D eigenvalue weighted by atomic mass is 10.1. The Hall–Kier alpha value is -3.03. The Labute approximate surface area is 162 Å². The molecule has 2 aliphatic heterocycles. The smallest absolute Gasteiger partial charge is 0.282 e. The van der Waals surface area contributed by atoms with Gasteiger partial charge in [-0.1, -0.05) is 32.4 Å². The molecule has 1 saturated heterocycles. The molecule has 0 radical (unpaired) electrons. The molecule has 8 heteroatoms. The number of hydrogen-bond donors (Lipinski definition) is 1. The van der Waals surface area contributed by atoms with Crippen LogP contribution in [0.15, 0.2) is 42.6 Å². The summed E-state index contributed by atoms with van der Waals surface area (Å²) < 4.78 is 25.9. The molecule has 28 heavy (non-hydrogen) atoms. The molecular weight excluding hydrogens is 366 g/mol. The minimum absolute atomic E-state index is 0.0874. The Bertz CT molecular complexity index is 863. The number of anilines is 3. The highest BCUT2D eigenvalue weighted by molar-refractivity contribution is 6.15. The quantitative estimate of drug-likeness (QED) is 0.855. The monoisotopic (exact) mass is 388 g/mol. The first kappa shape index (κ1) is 19.7. The van der Waals surface area contributed by atoms with Crippen LogP contribution in [0.3, 0.4) is 0 Å². The van der Waals surface area contributed by atoms with Crippen LogP contribution in [-0.2, 0) is 4.79 Å². The second kappa shape index (κ2) is 7.92. The van der Waals surface area contributed by atoms with Gasteiger partial charge < -0.3 is 10.2 Å². The normalized spacial score (nSPS) is 16.9. The molecule has 6 nitrogen and oxygen atoms in total. The van der Waals surface area contributed by atoms with Gasteiger partial charge in [0, 0.05) is 6.20 Å². The Balaban J connectivity index is 0.000000706. The number of benzene rings is 1. The summed E-state index contributed by atoms with van der Waals surface area (Å²) in [6, 6.07) is 10.1. The van der Waals surface area contributed by atoms with Gasteiger partial charge in [-0.15, -0.1) is 0 Å². The Morgan fingerprint density at radius 3 is 2.46 bits per heavy atom. The lowest BCUT2D eigenvalue weighted by Gasteiger charge is -2.39. The SMILES string of the molecule is CCC.O=C1CN(C(=O)c2ccc(N3CC(F)(F)C3)nc2)c2ccccc2N1. The van der Waals surface area contributed by atoms with Crippen LogP contribution in [-0.4, -0.2) is 42.4 Å². The predicted molar refractivity (Wildman–Crippen MR) is 104 cm³/mol. The second-order valence-electron chi connectivity index (χ2n) is 6.78. The number of pyridine rings is 1. The van der Waals surface area contributed by atoms with Crippen molar-refractivity contribution in [3.8, 4) is 0 Å². The lowest BCUT2D eigenvalue weighted by molar-refractivity contribution is -0.115. The molecule has 0 spiro atoms. The molecule has 1 aromatic carbocycles. The number of alkyl halides is 2. The van der Waals surface area contributed by atoms with Crippen LogP contribution in [0.25, 0.3) is 0 Å². The number of amides is 2. The van der Waals surface area contributed by atoms with Gasteiger partial charge in [0.15, 0.2) is 0 Å². The number of nitrogens with zero attached hydrogens (tertiary/aromatic N) is 3. The van der Waals surface area contributed by atoms with Gasteiger partial charge in [0.2, 0.25) is 5.91 Å². The molecule has 0 bridgehead atoms. The van der Waals surface area contributed by atoms with Crippen molar-refractivity contribution in [1.82, 2.24) is 4.98 Å². The van der Waals surface area contributed by atoms with Crippen molar-refractivity contribution in [1.29, 1.82) is 0 Å². The van der Waals surface area contributed by atoms with Crippen molar-refractivity contribution >= 4 is 29.0 Å². The molecule has 3 heterocycles. The molecule has 0 aliphatic carbocycles. The van der Waals surface area contributed by atoms with E-state index in [1.165, 1.54) is 28.5 Å². The fourth-order valence-corrected chi connectivity index (χ4v) is 2.94. The van der Waals surface area contributed by atoms with Gasteiger partial charge in [-0.25, -0.2) is 13.8 Å². The van der Waals surface area contributed by atoms with Crippen molar-refractivity contribution in [3.05, 3.63) is 48.2 Å². The van der Waals surface area contributed by atoms with Crippen LogP contribution in [0, 0.1) is 0 Å². The van der Waals surface area contributed by atoms with Crippen LogP contribution < -0.4 is 15.1 Å². The van der Waals surface area contributed by atoms with Gasteiger partial charge in [-0.05, 0) is 24.3 Å². The fraction of sp³-hybridized carbons (Fsp3) is 0.350. The standard InChI is InChI=1S/C17H14F2N4O2.C3H8/c18-17(19)9-22(10-17)14-6-5-11(7-20-14)16(25)23-8-15(24)21-12-3-1-2-4-13(12)23;1-3-2/h1-7H,8-10H2,(H,21,24);3H2,1-2H3. The highest BCUT2D eigenvalue weighted by Crippen LogP contribution is 2.32. The first-order chi connectivity index (χ1) is 13.3. The number of aromatic nitrogens is 1. The van der Waals surface area contributed by atoms with Crippen molar-refractivity contribution in [2.24, 2.45) is 0 Å². The van der Waals surface area contributed by atoms with E-state index in [1.54, 1.807) is 30.3 Å². The summed E-state index contributed by atoms with van der Waals surface area (Å²) in [6.45, 7) is 3.43. The molecule has 2 amide bonds. The number of nitrogens with one attached hydrogen (secondary N) is 1. The summed E-state index contributed by atoms with van der Waals surface area (Å²) in [4.78, 5) is 31.5. The number of para-hydroxylation sites is 2. The number of fused-ring (bicyclic) bond motifs is 1. The zero-order chi connectivity index (χ0) is 20.3. The summed E-state index contributed by atoms with van der Waals surface area (Å²) in [5.41, 5.74) is 1.47. The fourth-order valence-electron chi connectivity index (χ4n) is 2.94. The molecule has 0 saturated carbocycles. The van der Waals surface area contributed by atoms with E-state index in [-0.39, 0.29) is 31.4 Å². The van der Waals surface area contributed by atoms with Crippen LogP contribution in [0.1, 0.15) is 30.6 Å². The maximum absolute atomic E-state index is 12.9. The zero-order valence-electron chi connectivity index (χ0n) is 15.8. The van der Waals surface area contributed by atoms with E-state index < -0.39 is 5.92 Å². The average molecular weight is 388 g/mol. The molecule has 1 fully saturated rings. The number of carbonyl (C=O) groups is 2. The molecule has 0 atom stereocenters. The first-order valence-electron chi connectivity index (χ1n) is 9.14. The maximum Gasteiger partial charge on any atom is 0.282 e. The number of hydrogen-bond acceptors (Lipinski definition) is 4. The number of rotatable bonds is 2. The molecule has 148 valence electrons. The van der Waals surface area contributed by atoms with Crippen molar-refractivity contribution < 1.29 is 18.4 Å². The molecule has 1 N–H and O–H groups in total. The Morgan fingerprint density at radius 2 is 1.86 bits per heavy atom. The Kier molecular flexibility index (Phi) is 5.58. The number of carbonyl (C=O) groups excluding carboxylic acids is 2. The minimum Gasteiger partial charge on any atom is -0.344 e. The predicted octanol–water partition coefficient (Wildman–Crippen LogP) is 3.55. The highest BCUT2D eigenvalue weighted by atomic mass is 19.3. The summed E-state index contributed by atoms with van der Waals surface area (Å²) in [7, 11) is 0. The van der Waals surface area contributed by atoms with E-state index in [9.17, 15) is 18.4 Å². The summed E-state index contributed by atoms with van der Waals surface area (Å²) in [5.74, 6) is -2.92. The van der Waals surface area contributed by atoms with Gasteiger partial charge in [0.05, 0.1) is 30.0 Å². The third-order valence-corrected chi connectivity index (χ3v) is 4.18. The summed E-state index contributed by atoms with van der Waals surface area (Å²) in [5, 5.41) is 2.72. The molecule has 2 aromatic rings. The van der Waals surface area contributed by atoms with Crippen molar-refractivity contribution in [2.45, 2.75) is 26.2 Å². The van der Waals surface area contributed by atoms with Gasteiger partial charge >= 0.3 is 0 Å². The topological polar surface area (TPSA) is 65.5 Å². The summed E-state index contributed by atoms with van der Waals surface area (Å²) >= 11 is 0. The van der Waals surface area contributed by atoms with Crippen LogP contribution in [0.4, 0.5) is 26.0 Å². The molecular formula is C20H22F2N4O2. The van der Waals surface area contributed by atoms with E-state index in [4.69, 9.17) is 0 Å². The summed E-state index contributed by atoms with van der Waals surface area (Å²) in [6.07, 6.45) is 2.60. The van der Waals surface area contributed by atoms with E-state index in [0.717, 1.165) is 0 Å². The van der Waals surface area contributed by atoms with Crippen molar-refractivity contribution in [2.75, 3.05) is 34.8 Å². The first-order valence-corrected chi connectivity index (χ1v) is 9.14. The van der Waals surface area contributed by atoms with E-state index >= 15 is 0 Å². The van der Waals surface area contributed by atoms with Gasteiger partial charge in [0.25, 0.3) is 11.8 Å². The van der Waals surface area contributed by atoms with Gasteiger partial charge in [0.1, 0.15) is 12.4 Å². The third kappa shape index (κ3) is 4.11. The van der Waals surface area contributed by atoms with E-state index in [2.05, 4.69) is 24.1 Å². The van der Waals surface area contributed by atoms with Gasteiger partial charge in [-0.2, -0.15) is 0 Å². The van der Waals surface area contributed by atoms with Gasteiger partial charge in [-0.3, -0.25) is 14.5 Å². The second-order valence-corrected chi connectivity index (χ2v) is 6.78. The minimum atomic E-state index is -2.68. The van der Waals surface area contributed by atoms with Crippen LogP contribution >= 0.6 is 0 Å². The molecule has 1 aromatic heterocycles. The van der Waals surface area contributed by atoms with Crippen LogP contribution in [0.5, 0.6) is 0 Å². The molecule has 0 unspecified atom stereocenters. The zero-order valence-corrected chi connectivity index (χ0v) is 15.8. The highest BCUT2D eigenvalue weighted by Gasteiger charge is 2.44. The third-order valence-electron chi connectivity index (χ3n) is 4.18. The van der Waals surface area contributed by atoms with E-state index in [0.29, 0.717) is 22.8 Å².